The minimum absolute atomic E-state index is 0. The predicted molar refractivity (Wildman–Crippen MR) is 116 cm³/mol. The Hall–Kier alpha value is -0.810. The number of likely N-dealkylation sites (tertiary alicyclic amines) is 1. The van der Waals surface area contributed by atoms with E-state index in [4.69, 9.17) is 0 Å². The number of halogens is 2. The summed E-state index contributed by atoms with van der Waals surface area (Å²) in [7, 11) is 0. The average Bonchev–Trinajstić information content (AvgIpc) is 3.38. The lowest BCUT2D eigenvalue weighted by molar-refractivity contribution is -0.118. The number of anilines is 1. The molecule has 2 N–H and O–H groups in total. The lowest BCUT2D eigenvalue weighted by Gasteiger charge is -2.23. The minimum atomic E-state index is 0. The fraction of sp³-hybridized carbons (Fsp3) is 0.667. The van der Waals surface area contributed by atoms with Crippen LogP contribution in [-0.4, -0.2) is 37.0 Å². The van der Waals surface area contributed by atoms with Crippen LogP contribution in [0.4, 0.5) is 5.69 Å². The Morgan fingerprint density at radius 2 is 1.67 bits per heavy atom. The van der Waals surface area contributed by atoms with Gasteiger partial charge in [0.25, 0.3) is 0 Å². The van der Waals surface area contributed by atoms with E-state index in [2.05, 4.69) is 39.8 Å². The van der Waals surface area contributed by atoms with Crippen LogP contribution in [0.15, 0.2) is 24.3 Å². The molecular weight excluding hydrogens is 381 g/mol. The van der Waals surface area contributed by atoms with Gasteiger partial charge < -0.3 is 10.6 Å². The monoisotopic (exact) mass is 413 g/mol. The Bertz CT molecular complexity index is 594. The standard InChI is InChI=1S/C21H31N3O.2ClH/c25-20(19-15-21(19)9-11-22-12-10-21)23-18-7-5-17(6-8-18)16-24-13-3-1-2-4-14-24;;/h5-8,19,22H,1-4,9-16H2,(H,23,25);2*1H. The number of amides is 1. The van der Waals surface area contributed by atoms with Gasteiger partial charge in [-0.1, -0.05) is 25.0 Å². The van der Waals surface area contributed by atoms with Gasteiger partial charge in [0.1, 0.15) is 0 Å². The summed E-state index contributed by atoms with van der Waals surface area (Å²) in [6.07, 6.45) is 8.78. The van der Waals surface area contributed by atoms with Crippen LogP contribution in [-0.2, 0) is 11.3 Å². The van der Waals surface area contributed by atoms with Gasteiger partial charge >= 0.3 is 0 Å². The van der Waals surface area contributed by atoms with Crippen LogP contribution in [0.3, 0.4) is 0 Å². The predicted octanol–water partition coefficient (Wildman–Crippen LogP) is 4.23. The summed E-state index contributed by atoms with van der Waals surface area (Å²) in [5.74, 6) is 0.452. The van der Waals surface area contributed by atoms with E-state index in [0.717, 1.165) is 44.6 Å². The van der Waals surface area contributed by atoms with Crippen LogP contribution in [0.25, 0.3) is 0 Å². The quantitative estimate of drug-likeness (QED) is 0.775. The molecule has 1 atom stereocenters. The second-order valence-corrected chi connectivity index (χ2v) is 8.25. The van der Waals surface area contributed by atoms with E-state index in [0.29, 0.717) is 5.41 Å². The molecule has 27 heavy (non-hydrogen) atoms. The van der Waals surface area contributed by atoms with Crippen molar-refractivity contribution in [2.45, 2.75) is 51.5 Å². The van der Waals surface area contributed by atoms with E-state index in [-0.39, 0.29) is 36.6 Å². The molecule has 6 heteroatoms. The minimum Gasteiger partial charge on any atom is -0.326 e. The Balaban J connectivity index is 0.00000131. The first kappa shape index (κ1) is 22.5. The van der Waals surface area contributed by atoms with Crippen molar-refractivity contribution in [3.8, 4) is 0 Å². The first-order valence-electron chi connectivity index (χ1n) is 10.1. The maximum Gasteiger partial charge on any atom is 0.228 e. The summed E-state index contributed by atoms with van der Waals surface area (Å²) in [6.45, 7) is 5.60. The molecule has 1 amide bonds. The van der Waals surface area contributed by atoms with Gasteiger partial charge in [-0.25, -0.2) is 0 Å². The highest BCUT2D eigenvalue weighted by atomic mass is 35.5. The summed E-state index contributed by atoms with van der Waals surface area (Å²) in [6, 6.07) is 8.49. The molecule has 3 aliphatic rings. The number of nitrogens with one attached hydrogen (secondary N) is 2. The Labute approximate surface area is 175 Å². The van der Waals surface area contributed by atoms with Gasteiger partial charge in [-0.15, -0.1) is 24.8 Å². The van der Waals surface area contributed by atoms with Gasteiger partial charge in [-0.05, 0) is 81.4 Å². The van der Waals surface area contributed by atoms with Gasteiger partial charge in [0.05, 0.1) is 0 Å². The summed E-state index contributed by atoms with van der Waals surface area (Å²) < 4.78 is 0. The normalized spacial score (nSPS) is 24.2. The van der Waals surface area contributed by atoms with Gasteiger partial charge in [0.2, 0.25) is 5.91 Å². The molecule has 1 unspecified atom stereocenters. The van der Waals surface area contributed by atoms with E-state index < -0.39 is 0 Å². The molecule has 152 valence electrons. The van der Waals surface area contributed by atoms with E-state index in [1.807, 2.05) is 0 Å². The van der Waals surface area contributed by atoms with Crippen LogP contribution in [0.1, 0.15) is 50.5 Å². The third kappa shape index (κ3) is 5.60. The highest BCUT2D eigenvalue weighted by Crippen LogP contribution is 2.58. The molecule has 2 saturated heterocycles. The largest absolute Gasteiger partial charge is 0.326 e. The van der Waals surface area contributed by atoms with Crippen molar-refractivity contribution in [3.05, 3.63) is 29.8 Å². The van der Waals surface area contributed by atoms with Gasteiger partial charge in [-0.3, -0.25) is 9.69 Å². The van der Waals surface area contributed by atoms with Crippen molar-refractivity contribution < 1.29 is 4.79 Å². The molecule has 1 aromatic carbocycles. The molecule has 2 aliphatic heterocycles. The van der Waals surface area contributed by atoms with Gasteiger partial charge in [0.15, 0.2) is 0 Å². The molecule has 0 radical (unpaired) electrons. The lowest BCUT2D eigenvalue weighted by atomic mass is 9.92. The number of piperidine rings is 1. The van der Waals surface area contributed by atoms with E-state index in [1.54, 1.807) is 0 Å². The molecule has 2 heterocycles. The highest BCUT2D eigenvalue weighted by molar-refractivity contribution is 5.95. The van der Waals surface area contributed by atoms with Crippen LogP contribution < -0.4 is 10.6 Å². The molecule has 1 aliphatic carbocycles. The second kappa shape index (κ2) is 10.1. The third-order valence-electron chi connectivity index (χ3n) is 6.43. The van der Waals surface area contributed by atoms with Crippen LogP contribution in [0.2, 0.25) is 0 Å². The molecule has 0 aromatic heterocycles. The Morgan fingerprint density at radius 3 is 2.30 bits per heavy atom. The number of hydrogen-bond donors (Lipinski definition) is 2. The fourth-order valence-electron chi connectivity index (χ4n) is 4.67. The molecule has 0 bridgehead atoms. The number of nitrogens with zero attached hydrogens (tertiary/aromatic N) is 1. The van der Waals surface area contributed by atoms with Crippen molar-refractivity contribution >= 4 is 36.4 Å². The third-order valence-corrected chi connectivity index (χ3v) is 6.43. The van der Waals surface area contributed by atoms with Crippen molar-refractivity contribution in [2.75, 3.05) is 31.5 Å². The van der Waals surface area contributed by atoms with Crippen molar-refractivity contribution in [1.82, 2.24) is 10.2 Å². The van der Waals surface area contributed by atoms with Gasteiger partial charge in [0, 0.05) is 18.2 Å². The maximum absolute atomic E-state index is 12.5. The lowest BCUT2D eigenvalue weighted by Crippen LogP contribution is -2.31. The molecule has 1 spiro atoms. The second-order valence-electron chi connectivity index (χ2n) is 8.25. The zero-order valence-corrected chi connectivity index (χ0v) is 17.7. The summed E-state index contributed by atoms with van der Waals surface area (Å²) >= 11 is 0. The summed E-state index contributed by atoms with van der Waals surface area (Å²) in [5.41, 5.74) is 2.60. The summed E-state index contributed by atoms with van der Waals surface area (Å²) in [4.78, 5) is 15.1. The zero-order valence-electron chi connectivity index (χ0n) is 16.0. The molecule has 3 fully saturated rings. The average molecular weight is 414 g/mol. The van der Waals surface area contributed by atoms with E-state index in [9.17, 15) is 4.79 Å². The fourth-order valence-corrected chi connectivity index (χ4v) is 4.67. The smallest absolute Gasteiger partial charge is 0.228 e. The van der Waals surface area contributed by atoms with E-state index >= 15 is 0 Å². The van der Waals surface area contributed by atoms with Gasteiger partial charge in [-0.2, -0.15) is 0 Å². The first-order valence-corrected chi connectivity index (χ1v) is 10.1. The number of benzene rings is 1. The van der Waals surface area contributed by atoms with E-state index in [1.165, 1.54) is 44.3 Å². The summed E-state index contributed by atoms with van der Waals surface area (Å²) in [5, 5.41) is 6.54. The number of carbonyl (C=O) groups excluding carboxylic acids is 1. The number of carbonyl (C=O) groups is 1. The number of hydrogen-bond acceptors (Lipinski definition) is 3. The SMILES string of the molecule is Cl.Cl.O=C(Nc1ccc(CN2CCCCCC2)cc1)C1CC12CCNCC2. The van der Waals surface area contributed by atoms with Crippen LogP contribution in [0, 0.1) is 11.3 Å². The zero-order chi connectivity index (χ0) is 17.1. The molecule has 1 aromatic rings. The van der Waals surface area contributed by atoms with Crippen molar-refractivity contribution in [1.29, 1.82) is 0 Å². The Morgan fingerprint density at radius 1 is 1.04 bits per heavy atom. The Kier molecular flexibility index (Phi) is 8.41. The van der Waals surface area contributed by atoms with Crippen molar-refractivity contribution in [2.24, 2.45) is 11.3 Å². The van der Waals surface area contributed by atoms with Crippen LogP contribution >= 0.6 is 24.8 Å². The highest BCUT2D eigenvalue weighted by Gasteiger charge is 2.57. The number of rotatable bonds is 4. The maximum atomic E-state index is 12.5. The van der Waals surface area contributed by atoms with Crippen LogP contribution in [0.5, 0.6) is 0 Å². The molecule has 1 saturated carbocycles. The molecule has 4 rings (SSSR count). The molecular formula is C21H33Cl2N3O. The molecule has 4 nitrogen and oxygen atoms in total. The topological polar surface area (TPSA) is 44.4 Å². The van der Waals surface area contributed by atoms with Crippen molar-refractivity contribution in [3.63, 3.8) is 0 Å². The first-order chi connectivity index (χ1) is 12.3.